The molecule has 16 heavy (non-hydrogen) atoms. The van der Waals surface area contributed by atoms with Crippen LogP contribution in [0, 0.1) is 5.82 Å². The van der Waals surface area contributed by atoms with E-state index in [9.17, 15) is 12.8 Å². The van der Waals surface area contributed by atoms with Crippen molar-refractivity contribution in [1.82, 2.24) is 5.32 Å². The van der Waals surface area contributed by atoms with E-state index < -0.39 is 15.7 Å². The molecule has 1 N–H and O–H groups in total. The van der Waals surface area contributed by atoms with Crippen molar-refractivity contribution in [3.05, 3.63) is 30.1 Å². The van der Waals surface area contributed by atoms with Gasteiger partial charge in [0.2, 0.25) is 0 Å². The molecule has 0 spiro atoms. The van der Waals surface area contributed by atoms with Crippen molar-refractivity contribution in [1.29, 1.82) is 0 Å². The molecule has 0 aliphatic carbocycles. The number of nitrogens with one attached hydrogen (secondary N) is 1. The van der Waals surface area contributed by atoms with Gasteiger partial charge in [-0.25, -0.2) is 12.8 Å². The fourth-order valence-electron chi connectivity index (χ4n) is 1.95. The highest BCUT2D eigenvalue weighted by Crippen LogP contribution is 2.18. The summed E-state index contributed by atoms with van der Waals surface area (Å²) in [6, 6.07) is 5.49. The molecule has 1 aliphatic rings. The summed E-state index contributed by atoms with van der Waals surface area (Å²) in [5, 5.41) is 3.10. The minimum Gasteiger partial charge on any atom is -0.313 e. The topological polar surface area (TPSA) is 46.2 Å². The third kappa shape index (κ3) is 2.41. The molecule has 3 nitrogen and oxygen atoms in total. The van der Waals surface area contributed by atoms with Crippen LogP contribution in [0.1, 0.15) is 12.8 Å². The quantitative estimate of drug-likeness (QED) is 0.871. The zero-order chi connectivity index (χ0) is 11.6. The van der Waals surface area contributed by atoms with E-state index in [0.717, 1.165) is 19.4 Å². The Morgan fingerprint density at radius 1 is 1.38 bits per heavy atom. The van der Waals surface area contributed by atoms with Crippen LogP contribution in [0.25, 0.3) is 0 Å². The molecule has 1 fully saturated rings. The average molecular weight is 243 g/mol. The zero-order valence-electron chi connectivity index (χ0n) is 8.82. The summed E-state index contributed by atoms with van der Waals surface area (Å²) in [6.07, 6.45) is 1.82. The molecule has 1 aromatic rings. The SMILES string of the molecule is O=S(=O)(CC1CCCN1)c1ccccc1F. The minimum atomic E-state index is -3.51. The largest absolute Gasteiger partial charge is 0.313 e. The van der Waals surface area contributed by atoms with Crippen molar-refractivity contribution in [3.8, 4) is 0 Å². The Morgan fingerprint density at radius 3 is 2.75 bits per heavy atom. The maximum absolute atomic E-state index is 13.4. The Balaban J connectivity index is 2.21. The van der Waals surface area contributed by atoms with E-state index in [0.29, 0.717) is 0 Å². The Bertz CT molecular complexity index is 467. The standard InChI is InChI=1S/C11H14FNO2S/c12-10-5-1-2-6-11(10)16(14,15)8-9-4-3-7-13-9/h1-2,5-6,9,13H,3-4,7-8H2. The smallest absolute Gasteiger partial charge is 0.182 e. The summed E-state index contributed by atoms with van der Waals surface area (Å²) in [6.45, 7) is 0.845. The predicted octanol–water partition coefficient (Wildman–Crippen LogP) is 1.35. The summed E-state index contributed by atoms with van der Waals surface area (Å²) in [5.74, 6) is -0.686. The second kappa shape index (κ2) is 4.51. The van der Waals surface area contributed by atoms with Gasteiger partial charge in [0.05, 0.1) is 5.75 Å². The second-order valence-corrected chi connectivity index (χ2v) is 6.01. The molecule has 88 valence electrons. The molecule has 0 saturated carbocycles. The van der Waals surface area contributed by atoms with Crippen molar-refractivity contribution >= 4 is 9.84 Å². The van der Waals surface area contributed by atoms with Gasteiger partial charge in [0.25, 0.3) is 0 Å². The van der Waals surface area contributed by atoms with Gasteiger partial charge >= 0.3 is 0 Å². The molecule has 0 radical (unpaired) electrons. The van der Waals surface area contributed by atoms with Crippen LogP contribution in [0.5, 0.6) is 0 Å². The monoisotopic (exact) mass is 243 g/mol. The number of halogens is 1. The highest BCUT2D eigenvalue weighted by atomic mass is 32.2. The molecule has 1 saturated heterocycles. The Hall–Kier alpha value is -0.940. The first-order chi connectivity index (χ1) is 7.59. The van der Waals surface area contributed by atoms with E-state index in [-0.39, 0.29) is 16.7 Å². The predicted molar refractivity (Wildman–Crippen MR) is 59.5 cm³/mol. The van der Waals surface area contributed by atoms with Crippen LogP contribution in [0.3, 0.4) is 0 Å². The van der Waals surface area contributed by atoms with Crippen molar-refractivity contribution in [3.63, 3.8) is 0 Å². The van der Waals surface area contributed by atoms with Crippen LogP contribution in [0.2, 0.25) is 0 Å². The van der Waals surface area contributed by atoms with Crippen LogP contribution in [0.15, 0.2) is 29.2 Å². The van der Waals surface area contributed by atoms with Gasteiger partial charge < -0.3 is 5.32 Å². The summed E-state index contributed by atoms with van der Waals surface area (Å²) < 4.78 is 37.2. The van der Waals surface area contributed by atoms with Crippen LogP contribution < -0.4 is 5.32 Å². The van der Waals surface area contributed by atoms with E-state index in [2.05, 4.69) is 5.32 Å². The number of hydrogen-bond donors (Lipinski definition) is 1. The molecule has 0 bridgehead atoms. The number of benzene rings is 1. The molecule has 1 atom stereocenters. The average Bonchev–Trinajstić information content (AvgIpc) is 2.70. The Morgan fingerprint density at radius 2 is 2.12 bits per heavy atom. The van der Waals surface area contributed by atoms with Gasteiger partial charge in [-0.1, -0.05) is 12.1 Å². The van der Waals surface area contributed by atoms with Crippen molar-refractivity contribution in [2.45, 2.75) is 23.8 Å². The fourth-order valence-corrected chi connectivity index (χ4v) is 3.60. The van der Waals surface area contributed by atoms with Crippen LogP contribution in [-0.4, -0.2) is 26.8 Å². The molecule has 1 aliphatic heterocycles. The maximum atomic E-state index is 13.4. The molecular weight excluding hydrogens is 229 g/mol. The number of sulfone groups is 1. The first-order valence-corrected chi connectivity index (χ1v) is 6.95. The maximum Gasteiger partial charge on any atom is 0.182 e. The van der Waals surface area contributed by atoms with Gasteiger partial charge in [-0.05, 0) is 31.5 Å². The van der Waals surface area contributed by atoms with Crippen molar-refractivity contribution < 1.29 is 12.8 Å². The number of rotatable bonds is 3. The summed E-state index contributed by atoms with van der Waals surface area (Å²) >= 11 is 0. The molecule has 0 amide bonds. The van der Waals surface area contributed by atoms with E-state index in [1.807, 2.05) is 0 Å². The summed E-state index contributed by atoms with van der Waals surface area (Å²) in [4.78, 5) is -0.191. The third-order valence-electron chi connectivity index (χ3n) is 2.75. The molecule has 1 heterocycles. The van der Waals surface area contributed by atoms with Gasteiger partial charge in [-0.3, -0.25) is 0 Å². The van der Waals surface area contributed by atoms with Gasteiger partial charge in [0, 0.05) is 6.04 Å². The summed E-state index contributed by atoms with van der Waals surface area (Å²) in [5.41, 5.74) is 0. The lowest BCUT2D eigenvalue weighted by Crippen LogP contribution is -2.30. The fraction of sp³-hybridized carbons (Fsp3) is 0.455. The minimum absolute atomic E-state index is 0.0199. The molecule has 5 heteroatoms. The van der Waals surface area contributed by atoms with Crippen molar-refractivity contribution in [2.75, 3.05) is 12.3 Å². The van der Waals surface area contributed by atoms with Gasteiger partial charge in [-0.2, -0.15) is 0 Å². The normalized spacial score (nSPS) is 21.2. The highest BCUT2D eigenvalue weighted by Gasteiger charge is 2.25. The lowest BCUT2D eigenvalue weighted by Gasteiger charge is -2.11. The summed E-state index contributed by atoms with van der Waals surface area (Å²) in [7, 11) is -3.51. The molecule has 2 rings (SSSR count). The van der Waals surface area contributed by atoms with Crippen LogP contribution in [0.4, 0.5) is 4.39 Å². The zero-order valence-corrected chi connectivity index (χ0v) is 9.63. The molecule has 1 aromatic carbocycles. The number of hydrogen-bond acceptors (Lipinski definition) is 3. The van der Waals surface area contributed by atoms with E-state index >= 15 is 0 Å². The molecular formula is C11H14FNO2S. The second-order valence-electron chi connectivity index (χ2n) is 4.01. The highest BCUT2D eigenvalue weighted by molar-refractivity contribution is 7.91. The van der Waals surface area contributed by atoms with E-state index in [4.69, 9.17) is 0 Å². The van der Waals surface area contributed by atoms with E-state index in [1.165, 1.54) is 24.3 Å². The first-order valence-electron chi connectivity index (χ1n) is 5.30. The third-order valence-corrected chi connectivity index (χ3v) is 4.60. The van der Waals surface area contributed by atoms with Gasteiger partial charge in [0.15, 0.2) is 9.84 Å². The van der Waals surface area contributed by atoms with Gasteiger partial charge in [0.1, 0.15) is 10.7 Å². The molecule has 1 unspecified atom stereocenters. The molecule has 0 aromatic heterocycles. The van der Waals surface area contributed by atoms with Crippen molar-refractivity contribution in [2.24, 2.45) is 0 Å². The van der Waals surface area contributed by atoms with E-state index in [1.54, 1.807) is 0 Å². The Kier molecular flexibility index (Phi) is 3.25. The Labute approximate surface area is 94.6 Å². The van der Waals surface area contributed by atoms with Crippen LogP contribution >= 0.6 is 0 Å². The lowest BCUT2D eigenvalue weighted by atomic mass is 10.3. The van der Waals surface area contributed by atoms with Gasteiger partial charge in [-0.15, -0.1) is 0 Å². The first kappa shape index (κ1) is 11.5. The van der Waals surface area contributed by atoms with Crippen LogP contribution in [-0.2, 0) is 9.84 Å². The lowest BCUT2D eigenvalue weighted by molar-refractivity contribution is 0.556.